The maximum Gasteiger partial charge on any atom is 0.0481 e. The molecule has 0 spiro atoms. The monoisotopic (exact) mass is 220 g/mol. The van der Waals surface area contributed by atoms with Gasteiger partial charge in [0.05, 0.1) is 0 Å². The molecule has 2 saturated heterocycles. The zero-order chi connectivity index (χ0) is 20.2. The summed E-state index contributed by atoms with van der Waals surface area (Å²) in [6.45, 7) is 1.68. The highest BCUT2D eigenvalue weighted by Gasteiger charge is 2.43. The summed E-state index contributed by atoms with van der Waals surface area (Å²) in [5, 5.41) is 0. The summed E-state index contributed by atoms with van der Waals surface area (Å²) in [5.41, 5.74) is -1.22. The average Bonchev–Trinajstić information content (AvgIpc) is 2.41. The van der Waals surface area contributed by atoms with Crippen LogP contribution < -0.4 is 0 Å². The second-order valence-electron chi connectivity index (χ2n) is 5.14. The molecule has 2 atom stereocenters. The van der Waals surface area contributed by atoms with Crippen LogP contribution in [0.4, 0.5) is 0 Å². The van der Waals surface area contributed by atoms with Crippen molar-refractivity contribution in [1.82, 2.24) is 9.80 Å². The molecule has 2 rings (SSSR count). The molecule has 15 heavy (non-hydrogen) atoms. The molecular formula is C13H26N2. The van der Waals surface area contributed by atoms with E-state index in [-0.39, 0.29) is 0 Å². The summed E-state index contributed by atoms with van der Waals surface area (Å²) in [6, 6.07) is -6.47. The Morgan fingerprint density at radius 3 is 2.00 bits per heavy atom. The third-order valence-electron chi connectivity index (χ3n) is 2.40. The van der Waals surface area contributed by atoms with Crippen LogP contribution in [0.25, 0.3) is 0 Å². The Balaban J connectivity index is 3.05. The van der Waals surface area contributed by atoms with Crippen molar-refractivity contribution in [3.05, 3.63) is 0 Å². The van der Waals surface area contributed by atoms with Gasteiger partial charge in [-0.1, -0.05) is 0 Å². The number of likely N-dealkylation sites (tertiary alicyclic amines) is 1. The van der Waals surface area contributed by atoms with E-state index in [1.54, 1.807) is 0 Å². The van der Waals surface area contributed by atoms with Gasteiger partial charge in [0, 0.05) is 50.3 Å². The Bertz CT molecular complexity index is 544. The molecule has 2 heterocycles. The predicted molar refractivity (Wildman–Crippen MR) is 65.1 cm³/mol. The number of hydrogen-bond acceptors (Lipinski definition) is 2. The SMILES string of the molecule is [2H]C1([2H])N(C(C)(C)C)C([2H])([2H])C2([2H])N(C(C)C)C1([2H])C([2H])([2H])C2([2H])[2H]. The lowest BCUT2D eigenvalue weighted by molar-refractivity contribution is 0.000432. The van der Waals surface area contributed by atoms with Crippen LogP contribution in [0.3, 0.4) is 0 Å². The largest absolute Gasteiger partial charge is 0.295 e. The van der Waals surface area contributed by atoms with Crippen LogP contribution in [-0.2, 0) is 0 Å². The second kappa shape index (κ2) is 3.74. The minimum Gasteiger partial charge on any atom is -0.295 e. The van der Waals surface area contributed by atoms with Gasteiger partial charge in [-0.15, -0.1) is 0 Å². The molecule has 0 aromatic carbocycles. The number of hydrogen-bond donors (Lipinski definition) is 0. The number of piperazine rings is 1. The molecule has 2 unspecified atom stereocenters. The Labute approximate surface area is 109 Å². The van der Waals surface area contributed by atoms with Crippen LogP contribution in [0.5, 0.6) is 0 Å². The topological polar surface area (TPSA) is 6.48 Å². The summed E-state index contributed by atoms with van der Waals surface area (Å²) in [5.74, 6) is 0. The zero-order valence-electron chi connectivity index (χ0n) is 20.0. The molecule has 2 fully saturated rings. The van der Waals surface area contributed by atoms with Gasteiger partial charge in [0.15, 0.2) is 0 Å². The van der Waals surface area contributed by atoms with Gasteiger partial charge in [0.2, 0.25) is 0 Å². The molecular weight excluding hydrogens is 184 g/mol. The summed E-state index contributed by atoms with van der Waals surface area (Å²) in [7, 11) is 0. The van der Waals surface area contributed by atoms with E-state index in [2.05, 4.69) is 0 Å². The lowest BCUT2D eigenvalue weighted by Crippen LogP contribution is -2.60. The Kier molecular flexibility index (Phi) is 1.07. The van der Waals surface area contributed by atoms with Crippen LogP contribution in [0.1, 0.15) is 61.1 Å². The van der Waals surface area contributed by atoms with E-state index in [4.69, 9.17) is 13.7 Å². The molecule has 2 aliphatic heterocycles. The molecule has 2 heteroatoms. The van der Waals surface area contributed by atoms with Crippen molar-refractivity contribution in [3.8, 4) is 0 Å². The maximum atomic E-state index is 8.78. The Morgan fingerprint density at radius 1 is 1.20 bits per heavy atom. The van der Waals surface area contributed by atoms with E-state index in [0.29, 0.717) is 4.90 Å². The van der Waals surface area contributed by atoms with Crippen molar-refractivity contribution in [2.45, 2.75) is 71.0 Å². The third-order valence-corrected chi connectivity index (χ3v) is 2.40. The minimum absolute atomic E-state index is 0.661. The van der Waals surface area contributed by atoms with Crippen molar-refractivity contribution in [1.29, 1.82) is 0 Å². The van der Waals surface area contributed by atoms with Crippen LogP contribution in [0.15, 0.2) is 0 Å². The van der Waals surface area contributed by atoms with E-state index in [1.807, 2.05) is 0 Å². The van der Waals surface area contributed by atoms with E-state index < -0.39 is 49.4 Å². The normalized spacial score (nSPS) is 67.1. The van der Waals surface area contributed by atoms with Crippen molar-refractivity contribution >= 4 is 0 Å². The van der Waals surface area contributed by atoms with Crippen LogP contribution in [0, 0.1) is 0 Å². The summed E-state index contributed by atoms with van der Waals surface area (Å²) in [6.07, 6.45) is -6.27. The predicted octanol–water partition coefficient (Wildman–Crippen LogP) is 2.34. The highest BCUT2D eigenvalue weighted by Crippen LogP contribution is 2.34. The van der Waals surface area contributed by atoms with Crippen molar-refractivity contribution in [3.63, 3.8) is 0 Å². The number of fused-ring (bicyclic) bond motifs is 2. The van der Waals surface area contributed by atoms with Gasteiger partial charge < -0.3 is 0 Å². The molecule has 0 aromatic heterocycles. The molecule has 2 nitrogen and oxygen atoms in total. The van der Waals surface area contributed by atoms with Crippen LogP contribution in [-0.4, -0.2) is 46.4 Å². The molecule has 0 amide bonds. The molecule has 0 saturated carbocycles. The number of nitrogens with zero attached hydrogens (tertiary/aromatic N) is 2. The standard InChI is InChI=1S/C13H26N2/c1-10(2)15-11-6-7-12(15)9-14(8-11)13(3,4)5/h10-12H,6-9H2,1-5H3/i6D2,7D2,8D2,9D2,11D,12D. The lowest BCUT2D eigenvalue weighted by Gasteiger charge is -2.48. The molecule has 2 aliphatic rings. The van der Waals surface area contributed by atoms with Gasteiger partial charge >= 0.3 is 0 Å². The number of rotatable bonds is 1. The van der Waals surface area contributed by atoms with Gasteiger partial charge in [-0.3, -0.25) is 9.80 Å². The van der Waals surface area contributed by atoms with Gasteiger partial charge in [-0.2, -0.15) is 0 Å². The van der Waals surface area contributed by atoms with Gasteiger partial charge in [0.25, 0.3) is 0 Å². The lowest BCUT2D eigenvalue weighted by atomic mass is 10.0. The quantitative estimate of drug-likeness (QED) is 0.669. The first-order valence-electron chi connectivity index (χ1n) is 10.3. The van der Waals surface area contributed by atoms with Crippen molar-refractivity contribution < 1.29 is 13.7 Å². The Hall–Kier alpha value is -0.0800. The fourth-order valence-electron chi connectivity index (χ4n) is 1.61. The second-order valence-corrected chi connectivity index (χ2v) is 5.14. The van der Waals surface area contributed by atoms with Crippen LogP contribution in [0.2, 0.25) is 0 Å². The summed E-state index contributed by atoms with van der Waals surface area (Å²) >= 11 is 0. The zero-order valence-corrected chi connectivity index (χ0v) is 9.97. The first-order chi connectivity index (χ1) is 10.7. The highest BCUT2D eigenvalue weighted by molar-refractivity contribution is 4.99. The maximum absolute atomic E-state index is 8.78. The van der Waals surface area contributed by atoms with Gasteiger partial charge in [0.1, 0.15) is 0 Å². The minimum atomic E-state index is -3.14. The molecule has 0 N–H and O–H groups in total. The molecule has 2 bridgehead atoms. The Morgan fingerprint density at radius 2 is 1.67 bits per heavy atom. The summed E-state index contributed by atoms with van der Waals surface area (Å²) in [4.78, 5) is 1.40. The molecule has 0 aromatic rings. The van der Waals surface area contributed by atoms with Gasteiger partial charge in [-0.05, 0) is 47.4 Å². The van der Waals surface area contributed by atoms with Crippen molar-refractivity contribution in [2.24, 2.45) is 0 Å². The third kappa shape index (κ3) is 2.07. The van der Waals surface area contributed by atoms with Crippen molar-refractivity contribution in [2.75, 3.05) is 13.0 Å². The van der Waals surface area contributed by atoms with E-state index in [1.165, 1.54) is 34.6 Å². The molecule has 0 aliphatic carbocycles. The van der Waals surface area contributed by atoms with E-state index in [0.717, 1.165) is 4.90 Å². The highest BCUT2D eigenvalue weighted by atomic mass is 15.4. The first-order valence-corrected chi connectivity index (χ1v) is 5.28. The first kappa shape index (κ1) is 4.30. The molecule has 88 valence electrons. The van der Waals surface area contributed by atoms with Crippen LogP contribution >= 0.6 is 0 Å². The fourth-order valence-corrected chi connectivity index (χ4v) is 1.61. The fraction of sp³-hybridized carbons (Fsp3) is 1.00. The van der Waals surface area contributed by atoms with Gasteiger partial charge in [-0.25, -0.2) is 0 Å². The van der Waals surface area contributed by atoms with E-state index in [9.17, 15) is 0 Å². The smallest absolute Gasteiger partial charge is 0.0481 e. The molecule has 0 radical (unpaired) electrons. The average molecular weight is 220 g/mol. The summed E-state index contributed by atoms with van der Waals surface area (Å²) < 4.78 is 85.0. The van der Waals surface area contributed by atoms with E-state index >= 15 is 0 Å².